The predicted molar refractivity (Wildman–Crippen MR) is 74.0 cm³/mol. The first kappa shape index (κ1) is 15.0. The Bertz CT molecular complexity index is 376. The second-order valence-electron chi connectivity index (χ2n) is 4.42. The minimum absolute atomic E-state index is 0.0307. The molecule has 1 rings (SSSR count). The van der Waals surface area contributed by atoms with E-state index in [2.05, 4.69) is 0 Å². The molecule has 0 fully saturated rings. The minimum atomic E-state index is 0.0307. The Morgan fingerprint density at radius 1 is 1.33 bits per heavy atom. The number of halogens is 1. The van der Waals surface area contributed by atoms with Crippen molar-refractivity contribution in [1.82, 2.24) is 4.90 Å². The van der Waals surface area contributed by atoms with Crippen molar-refractivity contribution in [2.75, 3.05) is 20.3 Å². The van der Waals surface area contributed by atoms with Gasteiger partial charge in [0.05, 0.1) is 6.61 Å². The van der Waals surface area contributed by atoms with Gasteiger partial charge in [0.15, 0.2) is 0 Å². The van der Waals surface area contributed by atoms with Gasteiger partial charge in [-0.1, -0.05) is 12.1 Å². The second kappa shape index (κ2) is 7.39. The van der Waals surface area contributed by atoms with Crippen LogP contribution < -0.4 is 0 Å². The second-order valence-corrected chi connectivity index (χ2v) is 4.68. The summed E-state index contributed by atoms with van der Waals surface area (Å²) < 4.78 is 5.03. The number of hydrogen-bond donors (Lipinski definition) is 0. The van der Waals surface area contributed by atoms with Crippen LogP contribution in [0.4, 0.5) is 0 Å². The van der Waals surface area contributed by atoms with Crippen molar-refractivity contribution in [2.24, 2.45) is 0 Å². The van der Waals surface area contributed by atoms with E-state index in [4.69, 9.17) is 16.3 Å². The van der Waals surface area contributed by atoms with Crippen LogP contribution in [0.25, 0.3) is 0 Å². The maximum absolute atomic E-state index is 12.3. The lowest BCUT2D eigenvalue weighted by Gasteiger charge is -2.26. The van der Waals surface area contributed by atoms with Gasteiger partial charge in [-0.25, -0.2) is 0 Å². The van der Waals surface area contributed by atoms with Gasteiger partial charge in [0.2, 0.25) is 0 Å². The van der Waals surface area contributed by atoms with Crippen molar-refractivity contribution in [2.45, 2.75) is 25.8 Å². The molecular weight excluding hydrogens is 250 g/mol. The van der Waals surface area contributed by atoms with Gasteiger partial charge in [0.25, 0.3) is 5.91 Å². The molecule has 100 valence electrons. The van der Waals surface area contributed by atoms with Gasteiger partial charge < -0.3 is 9.64 Å². The third-order valence-electron chi connectivity index (χ3n) is 2.78. The fourth-order valence-corrected chi connectivity index (χ4v) is 1.86. The van der Waals surface area contributed by atoms with Crippen molar-refractivity contribution >= 4 is 17.5 Å². The van der Waals surface area contributed by atoms with Crippen molar-refractivity contribution in [1.29, 1.82) is 0 Å². The Morgan fingerprint density at radius 3 is 2.39 bits per heavy atom. The topological polar surface area (TPSA) is 29.5 Å². The highest BCUT2D eigenvalue weighted by atomic mass is 35.5. The number of ether oxygens (including phenoxy) is 1. The highest BCUT2D eigenvalue weighted by Gasteiger charge is 2.18. The molecule has 18 heavy (non-hydrogen) atoms. The van der Waals surface area contributed by atoms with Crippen molar-refractivity contribution in [3.05, 3.63) is 35.4 Å². The first-order valence-corrected chi connectivity index (χ1v) is 6.58. The van der Waals surface area contributed by atoms with Gasteiger partial charge in [-0.2, -0.15) is 0 Å². The Labute approximate surface area is 114 Å². The molecule has 0 saturated heterocycles. The van der Waals surface area contributed by atoms with Crippen molar-refractivity contribution in [3.8, 4) is 0 Å². The molecule has 0 spiro atoms. The lowest BCUT2D eigenvalue weighted by Crippen LogP contribution is -2.39. The molecule has 0 radical (unpaired) electrons. The summed E-state index contributed by atoms with van der Waals surface area (Å²) in [6.07, 6.45) is 0. The molecule has 0 N–H and O–H groups in total. The fraction of sp³-hybridized carbons (Fsp3) is 0.500. The smallest absolute Gasteiger partial charge is 0.254 e. The van der Waals surface area contributed by atoms with E-state index >= 15 is 0 Å². The van der Waals surface area contributed by atoms with Crippen molar-refractivity contribution in [3.63, 3.8) is 0 Å². The number of nitrogens with zero attached hydrogens (tertiary/aromatic N) is 1. The zero-order valence-corrected chi connectivity index (χ0v) is 11.9. The van der Waals surface area contributed by atoms with Crippen LogP contribution in [0.15, 0.2) is 24.3 Å². The molecule has 4 heteroatoms. The molecule has 1 amide bonds. The van der Waals surface area contributed by atoms with Gasteiger partial charge in [0.1, 0.15) is 0 Å². The van der Waals surface area contributed by atoms with Crippen LogP contribution in [-0.2, 0) is 10.6 Å². The Balaban J connectivity index is 2.80. The maximum atomic E-state index is 12.3. The summed E-state index contributed by atoms with van der Waals surface area (Å²) in [5.41, 5.74) is 1.70. The van der Waals surface area contributed by atoms with Gasteiger partial charge >= 0.3 is 0 Å². The predicted octanol–water partition coefficient (Wildman–Crippen LogP) is 2.92. The fourth-order valence-electron chi connectivity index (χ4n) is 1.69. The van der Waals surface area contributed by atoms with E-state index in [0.29, 0.717) is 24.6 Å². The van der Waals surface area contributed by atoms with Gasteiger partial charge in [-0.15, -0.1) is 11.6 Å². The van der Waals surface area contributed by atoms with Crippen molar-refractivity contribution < 1.29 is 9.53 Å². The molecule has 0 aliphatic rings. The van der Waals surface area contributed by atoms with Crippen LogP contribution in [0.1, 0.15) is 29.8 Å². The van der Waals surface area contributed by atoms with Crippen LogP contribution in [-0.4, -0.2) is 37.1 Å². The monoisotopic (exact) mass is 269 g/mol. The molecule has 0 heterocycles. The lowest BCUT2D eigenvalue weighted by molar-refractivity contribution is 0.0635. The van der Waals surface area contributed by atoms with Gasteiger partial charge in [-0.3, -0.25) is 4.79 Å². The van der Waals surface area contributed by atoms with E-state index in [-0.39, 0.29) is 11.9 Å². The summed E-state index contributed by atoms with van der Waals surface area (Å²) in [5, 5.41) is 0. The number of carbonyl (C=O) groups excluding carboxylic acids is 1. The third kappa shape index (κ3) is 4.00. The summed E-state index contributed by atoms with van der Waals surface area (Å²) in [6, 6.07) is 7.56. The standard InChI is InChI=1S/C14H20ClNO2/c1-11(2)16(8-9-18-3)14(17)13-6-4-12(10-15)5-7-13/h4-7,11H,8-10H2,1-3H3. The molecule has 1 aromatic carbocycles. The molecule has 3 nitrogen and oxygen atoms in total. The normalized spacial score (nSPS) is 10.7. The van der Waals surface area contributed by atoms with E-state index in [1.54, 1.807) is 12.0 Å². The highest BCUT2D eigenvalue weighted by Crippen LogP contribution is 2.11. The largest absolute Gasteiger partial charge is 0.383 e. The minimum Gasteiger partial charge on any atom is -0.383 e. The number of carbonyl (C=O) groups is 1. The SMILES string of the molecule is COCCN(C(=O)c1ccc(CCl)cc1)C(C)C. The van der Waals surface area contributed by atoms with Crippen LogP contribution in [0.2, 0.25) is 0 Å². The first-order valence-electron chi connectivity index (χ1n) is 6.05. The van der Waals surface area contributed by atoms with E-state index in [1.165, 1.54) is 0 Å². The zero-order chi connectivity index (χ0) is 13.5. The molecule has 0 saturated carbocycles. The molecular formula is C14H20ClNO2. The maximum Gasteiger partial charge on any atom is 0.254 e. The number of hydrogen-bond acceptors (Lipinski definition) is 2. The molecule has 0 aliphatic carbocycles. The van der Waals surface area contributed by atoms with Gasteiger partial charge in [-0.05, 0) is 31.5 Å². The molecule has 0 atom stereocenters. The van der Waals surface area contributed by atoms with Crippen LogP contribution >= 0.6 is 11.6 Å². The Morgan fingerprint density at radius 2 is 1.94 bits per heavy atom. The van der Waals surface area contributed by atoms with Gasteiger partial charge in [0, 0.05) is 31.1 Å². The number of alkyl halides is 1. The number of benzene rings is 1. The van der Waals surface area contributed by atoms with E-state index < -0.39 is 0 Å². The summed E-state index contributed by atoms with van der Waals surface area (Å²) in [6.45, 7) is 5.15. The van der Waals surface area contributed by atoms with E-state index in [0.717, 1.165) is 5.56 Å². The summed E-state index contributed by atoms with van der Waals surface area (Å²) in [4.78, 5) is 14.1. The first-order chi connectivity index (χ1) is 8.60. The highest BCUT2D eigenvalue weighted by molar-refractivity contribution is 6.17. The molecule has 1 aromatic rings. The van der Waals surface area contributed by atoms with E-state index in [9.17, 15) is 4.79 Å². The van der Waals surface area contributed by atoms with E-state index in [1.807, 2.05) is 38.1 Å². The summed E-state index contributed by atoms with van der Waals surface area (Å²) in [7, 11) is 1.64. The summed E-state index contributed by atoms with van der Waals surface area (Å²) in [5.74, 6) is 0.495. The number of rotatable bonds is 6. The Hall–Kier alpha value is -1.06. The van der Waals surface area contributed by atoms with Crippen LogP contribution in [0.5, 0.6) is 0 Å². The Kier molecular flexibility index (Phi) is 6.16. The van der Waals surface area contributed by atoms with Crippen LogP contribution in [0.3, 0.4) is 0 Å². The molecule has 0 aromatic heterocycles. The average molecular weight is 270 g/mol. The summed E-state index contributed by atoms with van der Waals surface area (Å²) >= 11 is 5.73. The zero-order valence-electron chi connectivity index (χ0n) is 11.1. The number of amides is 1. The third-order valence-corrected chi connectivity index (χ3v) is 3.08. The quantitative estimate of drug-likeness (QED) is 0.743. The molecule has 0 bridgehead atoms. The molecule has 0 unspecified atom stereocenters. The lowest BCUT2D eigenvalue weighted by atomic mass is 10.1. The van der Waals surface area contributed by atoms with Crippen LogP contribution in [0, 0.1) is 0 Å². The molecule has 0 aliphatic heterocycles. The average Bonchev–Trinajstić information content (AvgIpc) is 2.38. The number of methoxy groups -OCH3 is 1.